The Bertz CT molecular complexity index is 831. The van der Waals surface area contributed by atoms with Gasteiger partial charge in [-0.2, -0.15) is 0 Å². The summed E-state index contributed by atoms with van der Waals surface area (Å²) < 4.78 is 18.9. The van der Waals surface area contributed by atoms with Gasteiger partial charge in [-0.3, -0.25) is 9.69 Å². The van der Waals surface area contributed by atoms with Gasteiger partial charge in [0.1, 0.15) is 5.82 Å². The minimum Gasteiger partial charge on any atom is -0.379 e. The van der Waals surface area contributed by atoms with Gasteiger partial charge in [0.2, 0.25) is 5.91 Å². The maximum Gasteiger partial charge on any atom is 0.230 e. The molecule has 4 nitrogen and oxygen atoms in total. The van der Waals surface area contributed by atoms with Gasteiger partial charge in [0.15, 0.2) is 0 Å². The highest BCUT2D eigenvalue weighted by Gasteiger charge is 2.45. The zero-order chi connectivity index (χ0) is 20.3. The molecule has 29 heavy (non-hydrogen) atoms. The Morgan fingerprint density at radius 3 is 2.34 bits per heavy atom. The lowest BCUT2D eigenvalue weighted by atomic mass is 9.64. The first-order chi connectivity index (χ1) is 14.1. The molecule has 4 rings (SSSR count). The summed E-state index contributed by atoms with van der Waals surface area (Å²) >= 11 is 6.03. The third kappa shape index (κ3) is 4.32. The van der Waals surface area contributed by atoms with Crippen LogP contribution in [-0.4, -0.2) is 43.7 Å². The fraction of sp³-hybridized carbons (Fsp3) is 0.435. The first kappa shape index (κ1) is 20.3. The number of ether oxygens (including phenoxy) is 1. The van der Waals surface area contributed by atoms with Crippen LogP contribution in [0.1, 0.15) is 36.4 Å². The molecule has 1 amide bonds. The lowest BCUT2D eigenvalue weighted by molar-refractivity contribution is -0.130. The molecule has 2 aromatic carbocycles. The monoisotopic (exact) mass is 416 g/mol. The van der Waals surface area contributed by atoms with E-state index in [4.69, 9.17) is 16.3 Å². The van der Waals surface area contributed by atoms with E-state index >= 15 is 0 Å². The van der Waals surface area contributed by atoms with E-state index in [1.54, 1.807) is 12.1 Å². The summed E-state index contributed by atoms with van der Waals surface area (Å²) in [6, 6.07) is 14.2. The summed E-state index contributed by atoms with van der Waals surface area (Å²) in [4.78, 5) is 15.6. The van der Waals surface area contributed by atoms with E-state index in [-0.39, 0.29) is 17.8 Å². The molecular formula is C23H26ClFN2O2. The van der Waals surface area contributed by atoms with E-state index in [0.717, 1.165) is 43.5 Å². The zero-order valence-corrected chi connectivity index (χ0v) is 17.1. The second-order valence-electron chi connectivity index (χ2n) is 7.87. The van der Waals surface area contributed by atoms with Crippen molar-refractivity contribution in [2.24, 2.45) is 0 Å². The summed E-state index contributed by atoms with van der Waals surface area (Å²) in [6.07, 6.45) is 2.74. The van der Waals surface area contributed by atoms with Crippen LogP contribution in [0.5, 0.6) is 0 Å². The Kier molecular flexibility index (Phi) is 6.18. The van der Waals surface area contributed by atoms with Crippen LogP contribution in [0.2, 0.25) is 5.02 Å². The Labute approximate surface area is 176 Å². The SMILES string of the molecule is O=C(NCC(c1ccc(F)cc1)N1CCOCC1)C1(c2ccc(Cl)cc2)CCC1. The molecule has 0 spiro atoms. The minimum atomic E-state index is -0.469. The molecule has 6 heteroatoms. The predicted octanol–water partition coefficient (Wildman–Crippen LogP) is 4.09. The maximum atomic E-state index is 13.4. The van der Waals surface area contributed by atoms with Crippen molar-refractivity contribution in [3.05, 3.63) is 70.5 Å². The molecule has 2 aromatic rings. The average Bonchev–Trinajstić information content (AvgIpc) is 2.71. The van der Waals surface area contributed by atoms with Crippen LogP contribution < -0.4 is 5.32 Å². The normalized spacial score (nSPS) is 19.9. The lowest BCUT2D eigenvalue weighted by Crippen LogP contribution is -2.51. The summed E-state index contributed by atoms with van der Waals surface area (Å²) in [7, 11) is 0. The standard InChI is InChI=1S/C23H26ClFN2O2/c24-19-6-4-18(5-7-19)23(10-1-11-23)22(28)26-16-21(27-12-14-29-15-13-27)17-2-8-20(25)9-3-17/h2-9,21H,1,10-16H2,(H,26,28). The number of nitrogens with zero attached hydrogens (tertiary/aromatic N) is 1. The average molecular weight is 417 g/mol. The summed E-state index contributed by atoms with van der Waals surface area (Å²) in [6.45, 7) is 3.40. The molecule has 1 unspecified atom stereocenters. The van der Waals surface area contributed by atoms with Crippen LogP contribution in [0.3, 0.4) is 0 Å². The van der Waals surface area contributed by atoms with Gasteiger partial charge in [0, 0.05) is 24.7 Å². The molecule has 154 valence electrons. The summed E-state index contributed by atoms with van der Waals surface area (Å²) in [5.41, 5.74) is 1.56. The number of morpholine rings is 1. The summed E-state index contributed by atoms with van der Waals surface area (Å²) in [5.74, 6) is -0.193. The molecule has 2 aliphatic rings. The number of hydrogen-bond donors (Lipinski definition) is 1. The number of benzene rings is 2. The largest absolute Gasteiger partial charge is 0.379 e. The van der Waals surface area contributed by atoms with Gasteiger partial charge in [0.05, 0.1) is 24.7 Å². The smallest absolute Gasteiger partial charge is 0.230 e. The van der Waals surface area contributed by atoms with E-state index in [1.165, 1.54) is 12.1 Å². The summed E-state index contributed by atoms with van der Waals surface area (Å²) in [5, 5.41) is 3.87. The number of halogens is 2. The van der Waals surface area contributed by atoms with Crippen molar-refractivity contribution in [1.82, 2.24) is 10.2 Å². The van der Waals surface area contributed by atoms with E-state index in [1.807, 2.05) is 24.3 Å². The van der Waals surface area contributed by atoms with Gasteiger partial charge in [-0.15, -0.1) is 0 Å². The molecule has 1 aliphatic carbocycles. The second kappa shape index (κ2) is 8.82. The molecule has 0 bridgehead atoms. The minimum absolute atomic E-state index is 0.00852. The predicted molar refractivity (Wildman–Crippen MR) is 112 cm³/mol. The number of carbonyl (C=O) groups is 1. The molecule has 2 fully saturated rings. The van der Waals surface area contributed by atoms with Crippen LogP contribution in [0.15, 0.2) is 48.5 Å². The van der Waals surface area contributed by atoms with Gasteiger partial charge >= 0.3 is 0 Å². The highest BCUT2D eigenvalue weighted by atomic mass is 35.5. The number of rotatable bonds is 6. The van der Waals surface area contributed by atoms with Crippen molar-refractivity contribution in [2.75, 3.05) is 32.8 Å². The van der Waals surface area contributed by atoms with E-state index < -0.39 is 5.41 Å². The van der Waals surface area contributed by atoms with Crippen molar-refractivity contribution >= 4 is 17.5 Å². The van der Waals surface area contributed by atoms with Crippen LogP contribution in [0.25, 0.3) is 0 Å². The fourth-order valence-corrected chi connectivity index (χ4v) is 4.46. The molecule has 1 aliphatic heterocycles. The molecule has 1 atom stereocenters. The molecule has 1 heterocycles. The number of amides is 1. The van der Waals surface area contributed by atoms with Gasteiger partial charge in [0.25, 0.3) is 0 Å². The van der Waals surface area contributed by atoms with E-state index in [9.17, 15) is 9.18 Å². The van der Waals surface area contributed by atoms with Crippen molar-refractivity contribution in [1.29, 1.82) is 0 Å². The van der Waals surface area contributed by atoms with Gasteiger partial charge in [-0.1, -0.05) is 42.3 Å². The van der Waals surface area contributed by atoms with Gasteiger partial charge in [-0.25, -0.2) is 4.39 Å². The van der Waals surface area contributed by atoms with Crippen LogP contribution >= 0.6 is 11.6 Å². The second-order valence-corrected chi connectivity index (χ2v) is 8.30. The van der Waals surface area contributed by atoms with Crippen molar-refractivity contribution in [2.45, 2.75) is 30.7 Å². The number of nitrogens with one attached hydrogen (secondary N) is 1. The fourth-order valence-electron chi connectivity index (χ4n) is 4.34. The Morgan fingerprint density at radius 2 is 1.76 bits per heavy atom. The van der Waals surface area contributed by atoms with Crippen molar-refractivity contribution in [3.8, 4) is 0 Å². The number of carbonyl (C=O) groups excluding carboxylic acids is 1. The molecule has 1 N–H and O–H groups in total. The Morgan fingerprint density at radius 1 is 1.10 bits per heavy atom. The van der Waals surface area contributed by atoms with Gasteiger partial charge < -0.3 is 10.1 Å². The van der Waals surface area contributed by atoms with Crippen LogP contribution in [-0.2, 0) is 14.9 Å². The highest BCUT2D eigenvalue weighted by Crippen LogP contribution is 2.44. The Balaban J connectivity index is 1.50. The molecular weight excluding hydrogens is 391 g/mol. The lowest BCUT2D eigenvalue weighted by Gasteiger charge is -2.42. The zero-order valence-electron chi connectivity index (χ0n) is 16.4. The van der Waals surface area contributed by atoms with Crippen molar-refractivity contribution < 1.29 is 13.9 Å². The van der Waals surface area contributed by atoms with E-state index in [2.05, 4.69) is 10.2 Å². The van der Waals surface area contributed by atoms with Gasteiger partial charge in [-0.05, 0) is 48.2 Å². The first-order valence-electron chi connectivity index (χ1n) is 10.2. The Hall–Kier alpha value is -1.95. The third-order valence-corrected chi connectivity index (χ3v) is 6.49. The molecule has 1 saturated carbocycles. The molecule has 0 aromatic heterocycles. The van der Waals surface area contributed by atoms with E-state index in [0.29, 0.717) is 24.8 Å². The number of hydrogen-bond acceptors (Lipinski definition) is 3. The topological polar surface area (TPSA) is 41.6 Å². The molecule has 1 saturated heterocycles. The third-order valence-electron chi connectivity index (χ3n) is 6.24. The maximum absolute atomic E-state index is 13.4. The molecule has 0 radical (unpaired) electrons. The van der Waals surface area contributed by atoms with Crippen molar-refractivity contribution in [3.63, 3.8) is 0 Å². The highest BCUT2D eigenvalue weighted by molar-refractivity contribution is 6.30. The van der Waals surface area contributed by atoms with Crippen LogP contribution in [0.4, 0.5) is 4.39 Å². The quantitative estimate of drug-likeness (QED) is 0.771. The van der Waals surface area contributed by atoms with Crippen LogP contribution in [0, 0.1) is 5.82 Å². The first-order valence-corrected chi connectivity index (χ1v) is 10.6.